The summed E-state index contributed by atoms with van der Waals surface area (Å²) < 4.78 is 0. The lowest BCUT2D eigenvalue weighted by Crippen LogP contribution is -2.28. The van der Waals surface area contributed by atoms with E-state index in [-0.39, 0.29) is 0 Å². The van der Waals surface area contributed by atoms with Crippen LogP contribution in [0.15, 0.2) is 0 Å². The summed E-state index contributed by atoms with van der Waals surface area (Å²) in [5, 5.41) is 17.4. The maximum absolute atomic E-state index is 9.67. The summed E-state index contributed by atoms with van der Waals surface area (Å²) in [7, 11) is 0. The lowest BCUT2D eigenvalue weighted by atomic mass is 10.4. The minimum Gasteiger partial charge on any atom is -0.787 e. The molecule has 4 nitrogen and oxygen atoms in total. The third-order valence-electron chi connectivity index (χ3n) is 0.547. The number of hydroxylamine groups is 1. The molecule has 0 spiro atoms. The smallest absolute Gasteiger partial charge is 0.319 e. The number of nitrogens with one attached hydrogen (secondary N) is 1. The minimum atomic E-state index is -1.13. The third kappa shape index (κ3) is 2.13. The Morgan fingerprint density at radius 2 is 2.43 bits per heavy atom. The fourth-order valence-electron chi connectivity index (χ4n) is 0.0504. The van der Waals surface area contributed by atoms with E-state index in [2.05, 4.69) is 0 Å². The summed E-state index contributed by atoms with van der Waals surface area (Å²) in [5.41, 5.74) is 1.31. The van der Waals surface area contributed by atoms with Crippen molar-refractivity contribution < 1.29 is 9.90 Å². The average molecular weight is 104 g/mol. The van der Waals surface area contributed by atoms with Crippen molar-refractivity contribution in [1.29, 1.82) is 0 Å². The van der Waals surface area contributed by atoms with Crippen LogP contribution in [-0.4, -0.2) is 17.1 Å². The maximum atomic E-state index is 9.67. The van der Waals surface area contributed by atoms with Crippen LogP contribution in [0.4, 0.5) is 0 Å². The van der Waals surface area contributed by atoms with Crippen LogP contribution in [0.5, 0.6) is 0 Å². The van der Waals surface area contributed by atoms with Gasteiger partial charge in [0.2, 0.25) is 0 Å². The topological polar surface area (TPSA) is 72.4 Å². The summed E-state index contributed by atoms with van der Waals surface area (Å²) >= 11 is 0. The zero-order valence-electron chi connectivity index (χ0n) is 3.84. The molecule has 2 N–H and O–H groups in total. The van der Waals surface area contributed by atoms with Gasteiger partial charge >= 0.3 is 5.97 Å². The van der Waals surface area contributed by atoms with E-state index in [1.165, 1.54) is 12.4 Å². The molecule has 0 aromatic rings. The summed E-state index contributed by atoms with van der Waals surface area (Å²) in [5.74, 6) is -1.13. The quantitative estimate of drug-likeness (QED) is 0.465. The first-order valence-electron chi connectivity index (χ1n) is 1.79. The van der Waals surface area contributed by atoms with E-state index >= 15 is 0 Å². The lowest BCUT2D eigenvalue weighted by molar-refractivity contribution is -0.138. The molecule has 0 unspecified atom stereocenters. The fourth-order valence-corrected chi connectivity index (χ4v) is 0.0504. The van der Waals surface area contributed by atoms with Gasteiger partial charge in [0.15, 0.2) is 0 Å². The number of carboxylic acids is 1. The number of carboxylic acid groups (broad SMARTS) is 1. The van der Waals surface area contributed by atoms with Gasteiger partial charge in [0, 0.05) is 0 Å². The molecule has 0 radical (unpaired) electrons. The van der Waals surface area contributed by atoms with E-state index in [1.54, 1.807) is 0 Å². The zero-order valence-corrected chi connectivity index (χ0v) is 3.84. The van der Waals surface area contributed by atoms with Crippen LogP contribution in [0, 0.1) is 5.21 Å². The van der Waals surface area contributed by atoms with Crippen molar-refractivity contribution in [3.05, 3.63) is 5.21 Å². The number of carbonyl (C=O) groups is 1. The van der Waals surface area contributed by atoms with E-state index in [9.17, 15) is 10.0 Å². The van der Waals surface area contributed by atoms with Crippen LogP contribution >= 0.6 is 0 Å². The van der Waals surface area contributed by atoms with E-state index < -0.39 is 12.0 Å². The molecule has 1 atom stereocenters. The van der Waals surface area contributed by atoms with E-state index in [4.69, 9.17) is 5.11 Å². The Morgan fingerprint density at radius 3 is 2.43 bits per heavy atom. The van der Waals surface area contributed by atoms with Crippen molar-refractivity contribution in [3.8, 4) is 0 Å². The third-order valence-corrected chi connectivity index (χ3v) is 0.547. The lowest BCUT2D eigenvalue weighted by Gasteiger charge is -2.10. The molecule has 0 amide bonds. The van der Waals surface area contributed by atoms with Crippen molar-refractivity contribution in [2.75, 3.05) is 0 Å². The van der Waals surface area contributed by atoms with Gasteiger partial charge in [-0.3, -0.25) is 4.79 Å². The van der Waals surface area contributed by atoms with Crippen LogP contribution in [0.25, 0.3) is 0 Å². The molecule has 0 saturated carbocycles. The molecule has 0 aliphatic carbocycles. The molecule has 0 aromatic heterocycles. The molecule has 0 aromatic carbocycles. The van der Waals surface area contributed by atoms with Crippen molar-refractivity contribution >= 4 is 5.97 Å². The Morgan fingerprint density at radius 1 is 2.00 bits per heavy atom. The van der Waals surface area contributed by atoms with Gasteiger partial charge in [-0.25, -0.2) is 0 Å². The second kappa shape index (κ2) is 2.54. The number of hydrogen-bond acceptors (Lipinski definition) is 3. The first-order chi connectivity index (χ1) is 3.18. The Bertz CT molecular complexity index is 72.6. The highest BCUT2D eigenvalue weighted by Gasteiger charge is 2.01. The second-order valence-corrected chi connectivity index (χ2v) is 1.18. The van der Waals surface area contributed by atoms with Crippen LogP contribution in [0.2, 0.25) is 0 Å². The molecular weight excluding hydrogens is 98.0 g/mol. The molecule has 0 aliphatic heterocycles. The molecule has 7 heavy (non-hydrogen) atoms. The maximum Gasteiger partial charge on any atom is 0.319 e. The van der Waals surface area contributed by atoms with Crippen molar-refractivity contribution in [3.63, 3.8) is 0 Å². The largest absolute Gasteiger partial charge is 0.787 e. The highest BCUT2D eigenvalue weighted by atomic mass is 16.5. The SMILES string of the molecule is C[C@H](N[O-])C(=O)O. The van der Waals surface area contributed by atoms with Gasteiger partial charge in [0.25, 0.3) is 0 Å². The molecule has 0 saturated heterocycles. The molecule has 42 valence electrons. The molecular formula is C3H6NO3-. The molecule has 0 fully saturated rings. The predicted octanol–water partition coefficient (Wildman–Crippen LogP) is -0.453. The molecule has 0 bridgehead atoms. The highest BCUT2D eigenvalue weighted by Crippen LogP contribution is 1.75. The van der Waals surface area contributed by atoms with Crippen LogP contribution < -0.4 is 5.48 Å². The van der Waals surface area contributed by atoms with Gasteiger partial charge in [-0.15, -0.1) is 0 Å². The molecule has 4 heteroatoms. The van der Waals surface area contributed by atoms with Crippen molar-refractivity contribution in [2.24, 2.45) is 0 Å². The zero-order chi connectivity index (χ0) is 5.86. The normalized spacial score (nSPS) is 13.4. The summed E-state index contributed by atoms with van der Waals surface area (Å²) in [6, 6.07) is -0.986. The Kier molecular flexibility index (Phi) is 2.32. The first kappa shape index (κ1) is 6.39. The van der Waals surface area contributed by atoms with Crippen LogP contribution in [0.3, 0.4) is 0 Å². The number of aliphatic carboxylic acids is 1. The Labute approximate surface area is 40.7 Å². The Balaban J connectivity index is 3.34. The average Bonchev–Trinajstić information content (AvgIpc) is 1.65. The van der Waals surface area contributed by atoms with Gasteiger partial charge in [-0.2, -0.15) is 0 Å². The van der Waals surface area contributed by atoms with E-state index in [0.717, 1.165) is 0 Å². The molecule has 0 aliphatic rings. The van der Waals surface area contributed by atoms with Gasteiger partial charge in [-0.05, 0) is 6.92 Å². The van der Waals surface area contributed by atoms with Gasteiger partial charge in [-0.1, -0.05) is 0 Å². The van der Waals surface area contributed by atoms with Crippen LogP contribution in [0.1, 0.15) is 6.92 Å². The Hall–Kier alpha value is -0.610. The van der Waals surface area contributed by atoms with Crippen molar-refractivity contribution in [1.82, 2.24) is 5.48 Å². The standard InChI is InChI=1S/C3H6NO3/c1-2(4-7)3(5)6/h2,4H,1H3,(H,5,6)/q-1/t2-/m0/s1. The highest BCUT2D eigenvalue weighted by molar-refractivity contribution is 5.72. The van der Waals surface area contributed by atoms with Crippen molar-refractivity contribution in [2.45, 2.75) is 13.0 Å². The summed E-state index contributed by atoms with van der Waals surface area (Å²) in [6.45, 7) is 1.27. The van der Waals surface area contributed by atoms with Gasteiger partial charge in [0.1, 0.15) is 0 Å². The van der Waals surface area contributed by atoms with Gasteiger partial charge in [0.05, 0.1) is 6.04 Å². The predicted molar refractivity (Wildman–Crippen MR) is 23.6 cm³/mol. The summed E-state index contributed by atoms with van der Waals surface area (Å²) in [6.07, 6.45) is 0. The van der Waals surface area contributed by atoms with Crippen LogP contribution in [-0.2, 0) is 4.79 Å². The second-order valence-electron chi connectivity index (χ2n) is 1.18. The number of hydrogen-bond donors (Lipinski definition) is 2. The fraction of sp³-hybridized carbons (Fsp3) is 0.667. The monoisotopic (exact) mass is 104 g/mol. The first-order valence-corrected chi connectivity index (χ1v) is 1.79. The molecule has 0 heterocycles. The minimum absolute atomic E-state index is 0.986. The molecule has 0 rings (SSSR count). The van der Waals surface area contributed by atoms with Gasteiger partial charge < -0.3 is 15.8 Å². The summed E-state index contributed by atoms with van der Waals surface area (Å²) in [4.78, 5) is 9.67. The van der Waals surface area contributed by atoms with E-state index in [1.807, 2.05) is 0 Å². The van der Waals surface area contributed by atoms with E-state index in [0.29, 0.717) is 0 Å². The number of rotatable bonds is 2.